The van der Waals surface area contributed by atoms with E-state index in [0.717, 1.165) is 32.5 Å². The largest absolute Gasteiger partial charge is 0.379 e. The van der Waals surface area contributed by atoms with Crippen molar-refractivity contribution in [3.8, 4) is 0 Å². The standard InChI is InChI=1S/C14H24N2O/c1-13(2)17-12-4-3-8-15-9-5-14-6-10-16-11-7-14/h6-7,10-11,13,15H,3-5,8-9,12H2,1-2H3. The first-order chi connectivity index (χ1) is 8.29. The highest BCUT2D eigenvalue weighted by atomic mass is 16.5. The Morgan fingerprint density at radius 2 is 1.94 bits per heavy atom. The summed E-state index contributed by atoms with van der Waals surface area (Å²) in [6, 6.07) is 4.14. The first-order valence-corrected chi connectivity index (χ1v) is 6.50. The van der Waals surface area contributed by atoms with E-state index in [-0.39, 0.29) is 0 Å². The molecule has 0 aliphatic heterocycles. The van der Waals surface area contributed by atoms with E-state index in [2.05, 4.69) is 36.3 Å². The Hall–Kier alpha value is -0.930. The van der Waals surface area contributed by atoms with Crippen LogP contribution in [-0.2, 0) is 11.2 Å². The Morgan fingerprint density at radius 1 is 1.18 bits per heavy atom. The lowest BCUT2D eigenvalue weighted by Gasteiger charge is -2.07. The second-order valence-corrected chi connectivity index (χ2v) is 4.48. The number of rotatable bonds is 9. The zero-order valence-corrected chi connectivity index (χ0v) is 11.0. The van der Waals surface area contributed by atoms with Gasteiger partial charge in [-0.1, -0.05) is 0 Å². The smallest absolute Gasteiger partial charge is 0.0518 e. The molecular formula is C14H24N2O. The molecule has 0 unspecified atom stereocenters. The summed E-state index contributed by atoms with van der Waals surface area (Å²) in [6.45, 7) is 7.14. The van der Waals surface area contributed by atoms with Crippen molar-refractivity contribution in [1.29, 1.82) is 0 Å². The number of nitrogens with zero attached hydrogens (tertiary/aromatic N) is 1. The molecule has 96 valence electrons. The second kappa shape index (κ2) is 9.14. The molecule has 0 saturated heterocycles. The van der Waals surface area contributed by atoms with Gasteiger partial charge in [-0.2, -0.15) is 0 Å². The van der Waals surface area contributed by atoms with Crippen LogP contribution < -0.4 is 5.32 Å². The molecule has 17 heavy (non-hydrogen) atoms. The number of hydrogen-bond donors (Lipinski definition) is 1. The average molecular weight is 236 g/mol. The van der Waals surface area contributed by atoms with Gasteiger partial charge < -0.3 is 10.1 Å². The van der Waals surface area contributed by atoms with Crippen LogP contribution in [-0.4, -0.2) is 30.8 Å². The zero-order valence-electron chi connectivity index (χ0n) is 11.0. The molecular weight excluding hydrogens is 212 g/mol. The summed E-state index contributed by atoms with van der Waals surface area (Å²) in [4.78, 5) is 4.00. The Bertz CT molecular complexity index is 275. The van der Waals surface area contributed by atoms with Crippen molar-refractivity contribution >= 4 is 0 Å². The summed E-state index contributed by atoms with van der Waals surface area (Å²) < 4.78 is 5.48. The van der Waals surface area contributed by atoms with E-state index in [1.807, 2.05) is 12.4 Å². The summed E-state index contributed by atoms with van der Waals surface area (Å²) in [7, 11) is 0. The van der Waals surface area contributed by atoms with Crippen molar-refractivity contribution in [3.05, 3.63) is 30.1 Å². The number of aromatic nitrogens is 1. The van der Waals surface area contributed by atoms with Gasteiger partial charge in [0.05, 0.1) is 6.10 Å². The fourth-order valence-corrected chi connectivity index (χ4v) is 1.58. The van der Waals surface area contributed by atoms with Gasteiger partial charge in [0.15, 0.2) is 0 Å². The molecule has 0 aromatic carbocycles. The maximum absolute atomic E-state index is 5.48. The van der Waals surface area contributed by atoms with E-state index in [1.54, 1.807) is 0 Å². The lowest BCUT2D eigenvalue weighted by atomic mass is 10.2. The number of pyridine rings is 1. The molecule has 0 aliphatic carbocycles. The van der Waals surface area contributed by atoms with Crippen molar-refractivity contribution in [2.75, 3.05) is 19.7 Å². The van der Waals surface area contributed by atoms with Gasteiger partial charge >= 0.3 is 0 Å². The second-order valence-electron chi connectivity index (χ2n) is 4.48. The lowest BCUT2D eigenvalue weighted by Crippen LogP contribution is -2.19. The quantitative estimate of drug-likeness (QED) is 0.669. The minimum Gasteiger partial charge on any atom is -0.379 e. The monoisotopic (exact) mass is 236 g/mol. The van der Waals surface area contributed by atoms with Gasteiger partial charge in [0.2, 0.25) is 0 Å². The molecule has 0 amide bonds. The van der Waals surface area contributed by atoms with Crippen LogP contribution in [0.3, 0.4) is 0 Å². The topological polar surface area (TPSA) is 34.1 Å². The van der Waals surface area contributed by atoms with Crippen LogP contribution in [0.2, 0.25) is 0 Å². The van der Waals surface area contributed by atoms with Crippen LogP contribution in [0.25, 0.3) is 0 Å². The molecule has 3 nitrogen and oxygen atoms in total. The van der Waals surface area contributed by atoms with E-state index in [1.165, 1.54) is 12.0 Å². The van der Waals surface area contributed by atoms with Gasteiger partial charge in [-0.15, -0.1) is 0 Å². The number of nitrogens with one attached hydrogen (secondary N) is 1. The lowest BCUT2D eigenvalue weighted by molar-refractivity contribution is 0.0760. The van der Waals surface area contributed by atoms with Crippen LogP contribution in [0, 0.1) is 0 Å². The van der Waals surface area contributed by atoms with E-state index in [0.29, 0.717) is 6.10 Å². The molecule has 0 aliphatic rings. The highest BCUT2D eigenvalue weighted by Crippen LogP contribution is 1.96. The molecule has 1 heterocycles. The molecule has 0 atom stereocenters. The Morgan fingerprint density at radius 3 is 2.65 bits per heavy atom. The van der Waals surface area contributed by atoms with Crippen molar-refractivity contribution < 1.29 is 4.74 Å². The summed E-state index contributed by atoms with van der Waals surface area (Å²) in [6.07, 6.45) is 7.45. The van der Waals surface area contributed by atoms with Crippen molar-refractivity contribution in [2.24, 2.45) is 0 Å². The highest BCUT2D eigenvalue weighted by Gasteiger charge is 1.94. The molecule has 0 spiro atoms. The van der Waals surface area contributed by atoms with Crippen molar-refractivity contribution in [1.82, 2.24) is 10.3 Å². The van der Waals surface area contributed by atoms with Crippen LogP contribution in [0.4, 0.5) is 0 Å². The van der Waals surface area contributed by atoms with E-state index < -0.39 is 0 Å². The highest BCUT2D eigenvalue weighted by molar-refractivity contribution is 5.09. The molecule has 1 aromatic rings. The normalized spacial score (nSPS) is 11.0. The third-order valence-corrected chi connectivity index (χ3v) is 2.54. The Balaban J connectivity index is 1.88. The third kappa shape index (κ3) is 7.88. The van der Waals surface area contributed by atoms with Crippen molar-refractivity contribution in [3.63, 3.8) is 0 Å². The van der Waals surface area contributed by atoms with E-state index in [9.17, 15) is 0 Å². The summed E-state index contributed by atoms with van der Waals surface area (Å²) in [5.41, 5.74) is 1.34. The molecule has 1 aromatic heterocycles. The number of ether oxygens (including phenoxy) is 1. The number of hydrogen-bond acceptors (Lipinski definition) is 3. The first-order valence-electron chi connectivity index (χ1n) is 6.50. The number of unbranched alkanes of at least 4 members (excludes halogenated alkanes) is 1. The first kappa shape index (κ1) is 14.1. The predicted molar refractivity (Wildman–Crippen MR) is 71.1 cm³/mol. The van der Waals surface area contributed by atoms with Gasteiger partial charge in [-0.25, -0.2) is 0 Å². The maximum Gasteiger partial charge on any atom is 0.0518 e. The maximum atomic E-state index is 5.48. The molecule has 0 saturated carbocycles. The van der Waals surface area contributed by atoms with Crippen molar-refractivity contribution in [2.45, 2.75) is 39.2 Å². The van der Waals surface area contributed by atoms with Crippen LogP contribution >= 0.6 is 0 Å². The zero-order chi connectivity index (χ0) is 12.3. The van der Waals surface area contributed by atoms with Gasteiger partial charge in [0, 0.05) is 19.0 Å². The molecule has 1 N–H and O–H groups in total. The van der Waals surface area contributed by atoms with Gasteiger partial charge in [-0.05, 0) is 63.9 Å². The van der Waals surface area contributed by atoms with Gasteiger partial charge in [0.1, 0.15) is 0 Å². The fraction of sp³-hybridized carbons (Fsp3) is 0.643. The summed E-state index contributed by atoms with van der Waals surface area (Å²) in [5.74, 6) is 0. The predicted octanol–water partition coefficient (Wildman–Crippen LogP) is 2.42. The molecule has 0 bridgehead atoms. The summed E-state index contributed by atoms with van der Waals surface area (Å²) >= 11 is 0. The van der Waals surface area contributed by atoms with E-state index >= 15 is 0 Å². The third-order valence-electron chi connectivity index (χ3n) is 2.54. The minimum absolute atomic E-state index is 0.356. The van der Waals surface area contributed by atoms with E-state index in [4.69, 9.17) is 4.74 Å². The summed E-state index contributed by atoms with van der Waals surface area (Å²) in [5, 5.41) is 3.45. The molecule has 1 rings (SSSR count). The average Bonchev–Trinajstić information content (AvgIpc) is 2.33. The van der Waals surface area contributed by atoms with Crippen LogP contribution in [0.1, 0.15) is 32.3 Å². The molecule has 0 radical (unpaired) electrons. The SMILES string of the molecule is CC(C)OCCCCNCCc1ccncc1. The van der Waals surface area contributed by atoms with Crippen LogP contribution in [0.5, 0.6) is 0 Å². The van der Waals surface area contributed by atoms with Gasteiger partial charge in [0.25, 0.3) is 0 Å². The van der Waals surface area contributed by atoms with Gasteiger partial charge in [-0.3, -0.25) is 4.98 Å². The fourth-order valence-electron chi connectivity index (χ4n) is 1.58. The molecule has 0 fully saturated rings. The minimum atomic E-state index is 0.356. The molecule has 3 heteroatoms. The van der Waals surface area contributed by atoms with Crippen LogP contribution in [0.15, 0.2) is 24.5 Å². The Kier molecular flexibility index (Phi) is 7.60. The Labute approximate surface area is 105 Å².